The van der Waals surface area contributed by atoms with Crippen molar-refractivity contribution in [2.75, 3.05) is 18.9 Å². The molecule has 23 heavy (non-hydrogen) atoms. The van der Waals surface area contributed by atoms with Crippen molar-refractivity contribution in [2.24, 2.45) is 0 Å². The molecule has 1 aromatic carbocycles. The first-order valence-electron chi connectivity index (χ1n) is 6.67. The summed E-state index contributed by atoms with van der Waals surface area (Å²) in [7, 11) is -2.52. The van der Waals surface area contributed by atoms with Gasteiger partial charge < -0.3 is 9.84 Å². The summed E-state index contributed by atoms with van der Waals surface area (Å²) in [6.07, 6.45) is 0. The highest BCUT2D eigenvalue weighted by Gasteiger charge is 2.29. The largest absolute Gasteiger partial charge is 0.360 e. The molecule has 0 saturated carbocycles. The first-order valence-corrected chi connectivity index (χ1v) is 8.90. The van der Waals surface area contributed by atoms with Crippen molar-refractivity contribution in [1.82, 2.24) is 9.46 Å². The van der Waals surface area contributed by atoms with E-state index in [1.54, 1.807) is 25.1 Å². The minimum Gasteiger partial charge on any atom is -0.360 e. The lowest BCUT2D eigenvalue weighted by Crippen LogP contribution is -2.35. The number of aromatic nitrogens is 1. The van der Waals surface area contributed by atoms with Crippen LogP contribution in [0.5, 0.6) is 0 Å². The number of aryl methyl sites for hydroxylation is 2. The molecule has 0 radical (unpaired) electrons. The monoisotopic (exact) mass is 401 g/mol. The topological polar surface area (TPSA) is 92.5 Å². The highest BCUT2D eigenvalue weighted by atomic mass is 79.9. The van der Waals surface area contributed by atoms with E-state index < -0.39 is 15.9 Å². The molecular weight excluding hydrogens is 386 g/mol. The van der Waals surface area contributed by atoms with Gasteiger partial charge in [0.05, 0.1) is 12.2 Å². The van der Waals surface area contributed by atoms with Crippen molar-refractivity contribution < 1.29 is 17.7 Å². The number of likely N-dealkylation sites (N-methyl/N-ethyl adjacent to an activating group) is 1. The molecule has 2 aromatic rings. The Labute approximate surface area is 142 Å². The number of amides is 1. The molecule has 9 heteroatoms. The van der Waals surface area contributed by atoms with Crippen LogP contribution in [0, 0.1) is 13.8 Å². The van der Waals surface area contributed by atoms with Gasteiger partial charge in [-0.15, -0.1) is 0 Å². The standard InChI is InChI=1S/C14H16BrN3O4S/c1-9-14(10(2)22-17-9)23(20,21)18(3)8-13(19)16-12-7-5-4-6-11(12)15/h4-7H,8H2,1-3H3,(H,16,19). The van der Waals surface area contributed by atoms with Crippen molar-refractivity contribution in [1.29, 1.82) is 0 Å². The number of sulfonamides is 1. The SMILES string of the molecule is Cc1noc(C)c1S(=O)(=O)N(C)CC(=O)Nc1ccccc1Br. The smallest absolute Gasteiger partial charge is 0.248 e. The Hall–Kier alpha value is -1.71. The lowest BCUT2D eigenvalue weighted by molar-refractivity contribution is -0.116. The van der Waals surface area contributed by atoms with E-state index in [-0.39, 0.29) is 22.9 Å². The number of anilines is 1. The number of carbonyl (C=O) groups excluding carboxylic acids is 1. The van der Waals surface area contributed by atoms with E-state index in [2.05, 4.69) is 26.4 Å². The zero-order valence-corrected chi connectivity index (χ0v) is 15.2. The second-order valence-electron chi connectivity index (χ2n) is 4.94. The van der Waals surface area contributed by atoms with E-state index in [1.165, 1.54) is 14.0 Å². The molecule has 0 bridgehead atoms. The number of nitrogens with one attached hydrogen (secondary N) is 1. The Morgan fingerprint density at radius 3 is 2.57 bits per heavy atom. The Balaban J connectivity index is 2.14. The number of hydrogen-bond acceptors (Lipinski definition) is 5. The van der Waals surface area contributed by atoms with Crippen molar-refractivity contribution in [3.63, 3.8) is 0 Å². The molecule has 0 saturated heterocycles. The fourth-order valence-corrected chi connectivity index (χ4v) is 3.83. The van der Waals surface area contributed by atoms with Gasteiger partial charge in [-0.1, -0.05) is 17.3 Å². The summed E-state index contributed by atoms with van der Waals surface area (Å²) in [5.74, 6) is -0.254. The van der Waals surface area contributed by atoms with Crippen molar-refractivity contribution >= 4 is 37.5 Å². The molecule has 0 unspecified atom stereocenters. The summed E-state index contributed by atoms with van der Waals surface area (Å²) in [5, 5.41) is 6.29. The molecule has 1 amide bonds. The van der Waals surface area contributed by atoms with Gasteiger partial charge in [-0.2, -0.15) is 4.31 Å². The normalized spacial score (nSPS) is 11.7. The van der Waals surface area contributed by atoms with Gasteiger partial charge in [0.15, 0.2) is 5.76 Å². The predicted molar refractivity (Wildman–Crippen MR) is 88.6 cm³/mol. The zero-order chi connectivity index (χ0) is 17.2. The molecule has 7 nitrogen and oxygen atoms in total. The first kappa shape index (κ1) is 17.6. The summed E-state index contributed by atoms with van der Waals surface area (Å²) in [6, 6.07) is 7.07. The van der Waals surface area contributed by atoms with Crippen molar-refractivity contribution in [3.8, 4) is 0 Å². The van der Waals surface area contributed by atoms with Gasteiger partial charge in [-0.05, 0) is 41.9 Å². The van der Waals surface area contributed by atoms with Crippen LogP contribution >= 0.6 is 15.9 Å². The van der Waals surface area contributed by atoms with Crippen LogP contribution in [0.15, 0.2) is 38.2 Å². The summed E-state index contributed by atoms with van der Waals surface area (Å²) in [4.78, 5) is 12.1. The molecule has 0 aliphatic carbocycles. The Morgan fingerprint density at radius 1 is 1.35 bits per heavy atom. The average molecular weight is 402 g/mol. The van der Waals surface area contributed by atoms with Gasteiger partial charge >= 0.3 is 0 Å². The zero-order valence-electron chi connectivity index (χ0n) is 12.8. The third-order valence-electron chi connectivity index (χ3n) is 3.15. The van der Waals surface area contributed by atoms with Gasteiger partial charge in [0, 0.05) is 11.5 Å². The third-order valence-corrected chi connectivity index (χ3v) is 5.89. The minimum atomic E-state index is -3.85. The van der Waals surface area contributed by atoms with E-state index in [0.717, 1.165) is 4.31 Å². The van der Waals surface area contributed by atoms with E-state index in [1.807, 2.05) is 6.07 Å². The predicted octanol–water partition coefficient (Wildman–Crippen LogP) is 2.31. The number of rotatable bonds is 5. The van der Waals surface area contributed by atoms with Gasteiger partial charge in [-0.3, -0.25) is 4.79 Å². The maximum atomic E-state index is 12.5. The molecule has 1 aromatic heterocycles. The Kier molecular flexibility index (Phi) is 5.23. The van der Waals surface area contributed by atoms with E-state index in [0.29, 0.717) is 10.2 Å². The molecule has 0 atom stereocenters. The molecule has 1 heterocycles. The molecule has 0 fully saturated rings. The number of carbonyl (C=O) groups is 1. The van der Waals surface area contributed by atoms with Crippen LogP contribution in [0.1, 0.15) is 11.5 Å². The van der Waals surface area contributed by atoms with Crippen LogP contribution in [0.3, 0.4) is 0 Å². The maximum absolute atomic E-state index is 12.5. The second-order valence-corrected chi connectivity index (χ2v) is 7.78. The van der Waals surface area contributed by atoms with Crippen LogP contribution in [-0.4, -0.2) is 37.4 Å². The minimum absolute atomic E-state index is 0.00584. The number of para-hydroxylation sites is 1. The number of hydrogen-bond donors (Lipinski definition) is 1. The molecular formula is C14H16BrN3O4S. The highest BCUT2D eigenvalue weighted by Crippen LogP contribution is 2.23. The second kappa shape index (κ2) is 6.81. The van der Waals surface area contributed by atoms with Crippen LogP contribution in [0.25, 0.3) is 0 Å². The summed E-state index contributed by atoms with van der Waals surface area (Å²) in [5.41, 5.74) is 0.834. The molecule has 124 valence electrons. The lowest BCUT2D eigenvalue weighted by atomic mass is 10.3. The van der Waals surface area contributed by atoms with E-state index in [9.17, 15) is 13.2 Å². The summed E-state index contributed by atoms with van der Waals surface area (Å²) >= 11 is 3.31. The summed E-state index contributed by atoms with van der Waals surface area (Å²) < 4.78 is 31.6. The molecule has 1 N–H and O–H groups in total. The first-order chi connectivity index (χ1) is 10.7. The number of benzene rings is 1. The van der Waals surface area contributed by atoms with Gasteiger partial charge in [-0.25, -0.2) is 8.42 Å². The fraction of sp³-hybridized carbons (Fsp3) is 0.286. The number of nitrogens with zero attached hydrogens (tertiary/aromatic N) is 2. The molecule has 0 spiro atoms. The number of halogens is 1. The van der Waals surface area contributed by atoms with Crippen molar-refractivity contribution in [3.05, 3.63) is 40.2 Å². The van der Waals surface area contributed by atoms with Crippen LogP contribution < -0.4 is 5.32 Å². The maximum Gasteiger partial charge on any atom is 0.248 e. The van der Waals surface area contributed by atoms with Crippen LogP contribution in [0.4, 0.5) is 5.69 Å². The highest BCUT2D eigenvalue weighted by molar-refractivity contribution is 9.10. The Morgan fingerprint density at radius 2 is 2.00 bits per heavy atom. The summed E-state index contributed by atoms with van der Waals surface area (Å²) in [6.45, 7) is 2.73. The van der Waals surface area contributed by atoms with Gasteiger partial charge in [0.25, 0.3) is 0 Å². The lowest BCUT2D eigenvalue weighted by Gasteiger charge is -2.16. The molecule has 0 aliphatic heterocycles. The molecule has 0 aliphatic rings. The Bertz CT molecular complexity index is 813. The van der Waals surface area contributed by atoms with E-state index >= 15 is 0 Å². The quantitative estimate of drug-likeness (QED) is 0.829. The van der Waals surface area contributed by atoms with Gasteiger partial charge in [0.2, 0.25) is 15.9 Å². The van der Waals surface area contributed by atoms with Crippen molar-refractivity contribution in [2.45, 2.75) is 18.7 Å². The van der Waals surface area contributed by atoms with Gasteiger partial charge in [0.1, 0.15) is 10.6 Å². The fourth-order valence-electron chi connectivity index (χ4n) is 2.04. The van der Waals surface area contributed by atoms with Crippen LogP contribution in [0.2, 0.25) is 0 Å². The molecule has 2 rings (SSSR count). The van der Waals surface area contributed by atoms with Crippen LogP contribution in [-0.2, 0) is 14.8 Å². The third kappa shape index (κ3) is 3.80. The average Bonchev–Trinajstić information content (AvgIpc) is 2.81. The van der Waals surface area contributed by atoms with E-state index in [4.69, 9.17) is 4.52 Å².